The van der Waals surface area contributed by atoms with Crippen molar-refractivity contribution >= 4 is 40.3 Å². The molecule has 2 N–H and O–H groups in total. The maximum atomic E-state index is 12.0. The van der Waals surface area contributed by atoms with E-state index in [2.05, 4.69) is 20.5 Å². The zero-order valence-corrected chi connectivity index (χ0v) is 21.7. The topological polar surface area (TPSA) is 105 Å². The second-order valence-electron chi connectivity index (χ2n) is 8.97. The molecule has 1 amide bonds. The van der Waals surface area contributed by atoms with Crippen LogP contribution in [0.5, 0.6) is 0 Å². The van der Waals surface area contributed by atoms with Crippen LogP contribution in [0.1, 0.15) is 42.4 Å². The molecule has 192 valence electrons. The van der Waals surface area contributed by atoms with E-state index in [0.717, 1.165) is 34.0 Å². The number of hydrogen-bond acceptors (Lipinski definition) is 5. The Labute approximate surface area is 225 Å². The van der Waals surface area contributed by atoms with Gasteiger partial charge in [0.25, 0.3) is 5.69 Å². The third-order valence-corrected chi connectivity index (χ3v) is 6.92. The van der Waals surface area contributed by atoms with Crippen LogP contribution >= 0.6 is 12.2 Å². The van der Waals surface area contributed by atoms with Gasteiger partial charge in [-0.2, -0.15) is 0 Å². The van der Waals surface area contributed by atoms with Gasteiger partial charge in [0.15, 0.2) is 5.11 Å². The summed E-state index contributed by atoms with van der Waals surface area (Å²) in [6.07, 6.45) is 4.08. The highest BCUT2D eigenvalue weighted by Crippen LogP contribution is 2.43. The Morgan fingerprint density at radius 2 is 1.87 bits per heavy atom. The molecule has 2 aromatic heterocycles. The predicted octanol–water partition coefficient (Wildman–Crippen LogP) is 5.61. The van der Waals surface area contributed by atoms with Crippen molar-refractivity contribution in [2.24, 2.45) is 0 Å². The van der Waals surface area contributed by atoms with E-state index in [4.69, 9.17) is 12.2 Å². The van der Waals surface area contributed by atoms with Crippen molar-refractivity contribution < 1.29 is 9.72 Å². The number of rotatable bonds is 7. The smallest absolute Gasteiger partial charge is 0.269 e. The van der Waals surface area contributed by atoms with Gasteiger partial charge in [0.1, 0.15) is 6.04 Å². The van der Waals surface area contributed by atoms with E-state index in [1.807, 2.05) is 73.1 Å². The van der Waals surface area contributed by atoms with Gasteiger partial charge in [-0.05, 0) is 79.3 Å². The average Bonchev–Trinajstić information content (AvgIpc) is 3.54. The van der Waals surface area contributed by atoms with Crippen LogP contribution in [-0.4, -0.2) is 25.5 Å². The van der Waals surface area contributed by atoms with E-state index in [1.54, 1.807) is 18.3 Å². The first-order valence-electron chi connectivity index (χ1n) is 12.2. The highest BCUT2D eigenvalue weighted by Gasteiger charge is 2.42. The van der Waals surface area contributed by atoms with Crippen LogP contribution in [0.15, 0.2) is 85.2 Å². The van der Waals surface area contributed by atoms with Crippen molar-refractivity contribution in [3.05, 3.63) is 112 Å². The van der Waals surface area contributed by atoms with Crippen LogP contribution in [0.25, 0.3) is 5.69 Å². The first-order chi connectivity index (χ1) is 18.4. The van der Waals surface area contributed by atoms with Crippen LogP contribution in [0.2, 0.25) is 0 Å². The molecule has 2 aromatic carbocycles. The molecule has 0 saturated carbocycles. The largest absolute Gasteiger partial charge is 0.351 e. The third-order valence-electron chi connectivity index (χ3n) is 6.60. The summed E-state index contributed by atoms with van der Waals surface area (Å²) in [7, 11) is 0. The average molecular weight is 527 g/mol. The maximum absolute atomic E-state index is 12.0. The van der Waals surface area contributed by atoms with E-state index in [-0.39, 0.29) is 23.7 Å². The predicted molar refractivity (Wildman–Crippen MR) is 150 cm³/mol. The van der Waals surface area contributed by atoms with Gasteiger partial charge in [0.05, 0.1) is 16.7 Å². The van der Waals surface area contributed by atoms with Crippen molar-refractivity contribution in [1.82, 2.24) is 14.9 Å². The number of nitro groups is 1. The zero-order valence-electron chi connectivity index (χ0n) is 20.9. The molecular weight excluding hydrogens is 500 g/mol. The number of aryl methyl sites for hydroxylation is 1. The molecule has 1 fully saturated rings. The Morgan fingerprint density at radius 1 is 1.11 bits per heavy atom. The Balaban J connectivity index is 1.60. The fourth-order valence-electron chi connectivity index (χ4n) is 4.72. The second kappa shape index (κ2) is 10.4. The molecule has 0 aliphatic carbocycles. The Bertz CT molecular complexity index is 1500. The molecule has 0 spiro atoms. The number of anilines is 2. The van der Waals surface area contributed by atoms with Crippen LogP contribution in [-0.2, 0) is 4.79 Å². The number of carbonyl (C=O) groups is 1. The highest BCUT2D eigenvalue weighted by atomic mass is 32.1. The molecule has 4 aromatic rings. The van der Waals surface area contributed by atoms with E-state index in [0.29, 0.717) is 11.5 Å². The van der Waals surface area contributed by atoms with Crippen LogP contribution in [0.4, 0.5) is 17.1 Å². The van der Waals surface area contributed by atoms with Gasteiger partial charge in [-0.1, -0.05) is 13.0 Å². The van der Waals surface area contributed by atoms with Gasteiger partial charge in [-0.3, -0.25) is 19.9 Å². The minimum Gasteiger partial charge on any atom is -0.351 e. The van der Waals surface area contributed by atoms with Gasteiger partial charge < -0.3 is 20.1 Å². The monoisotopic (exact) mass is 526 g/mol. The Kier molecular flexibility index (Phi) is 6.89. The summed E-state index contributed by atoms with van der Waals surface area (Å²) in [4.78, 5) is 29.4. The van der Waals surface area contributed by atoms with Gasteiger partial charge in [0.2, 0.25) is 5.91 Å². The number of nitrogens with one attached hydrogen (secondary N) is 2. The van der Waals surface area contributed by atoms with Gasteiger partial charge in [-0.25, -0.2) is 0 Å². The molecule has 3 heterocycles. The van der Waals surface area contributed by atoms with Gasteiger partial charge >= 0.3 is 0 Å². The van der Waals surface area contributed by atoms with E-state index in [9.17, 15) is 14.9 Å². The third kappa shape index (κ3) is 4.73. The quantitative estimate of drug-likeness (QED) is 0.183. The van der Waals surface area contributed by atoms with Crippen molar-refractivity contribution in [2.45, 2.75) is 32.4 Å². The molecule has 5 rings (SSSR count). The number of benzene rings is 2. The normalized spacial score (nSPS) is 16.8. The summed E-state index contributed by atoms with van der Waals surface area (Å²) in [6, 6.07) is 21.5. The van der Waals surface area contributed by atoms with Crippen molar-refractivity contribution in [3.8, 4) is 5.69 Å². The lowest BCUT2D eigenvalue weighted by molar-refractivity contribution is -0.384. The Morgan fingerprint density at radius 3 is 2.53 bits per heavy atom. The fourth-order valence-corrected chi connectivity index (χ4v) is 5.06. The lowest BCUT2D eigenvalue weighted by Crippen LogP contribution is -2.30. The molecule has 1 aliphatic heterocycles. The van der Waals surface area contributed by atoms with Crippen LogP contribution in [0, 0.1) is 17.0 Å². The molecule has 0 bridgehead atoms. The molecule has 0 unspecified atom stereocenters. The molecule has 0 radical (unpaired) electrons. The van der Waals surface area contributed by atoms with Crippen molar-refractivity contribution in [2.75, 3.05) is 10.2 Å². The minimum absolute atomic E-state index is 0.0323. The molecule has 9 nitrogen and oxygen atoms in total. The number of pyridine rings is 1. The number of nitro benzene ring substituents is 1. The molecular formula is C28H26N6O3S. The van der Waals surface area contributed by atoms with Crippen molar-refractivity contribution in [1.29, 1.82) is 0 Å². The van der Waals surface area contributed by atoms with E-state index in [1.165, 1.54) is 12.1 Å². The van der Waals surface area contributed by atoms with Crippen LogP contribution in [0.3, 0.4) is 0 Å². The van der Waals surface area contributed by atoms with E-state index < -0.39 is 4.92 Å². The number of thiocarbonyl (C=S) groups is 1. The lowest BCUT2D eigenvalue weighted by Gasteiger charge is -2.29. The summed E-state index contributed by atoms with van der Waals surface area (Å²) in [6.45, 7) is 3.77. The summed E-state index contributed by atoms with van der Waals surface area (Å²) in [5.41, 5.74) is 5.13. The molecule has 10 heteroatoms. The number of carbonyl (C=O) groups excluding carboxylic acids is 1. The van der Waals surface area contributed by atoms with Crippen LogP contribution < -0.4 is 15.5 Å². The maximum Gasteiger partial charge on any atom is 0.269 e. The van der Waals surface area contributed by atoms with E-state index >= 15 is 0 Å². The summed E-state index contributed by atoms with van der Waals surface area (Å²) < 4.78 is 2.01. The highest BCUT2D eigenvalue weighted by molar-refractivity contribution is 7.80. The number of nitrogens with zero attached hydrogens (tertiary/aromatic N) is 4. The minimum atomic E-state index is -0.409. The second-order valence-corrected chi connectivity index (χ2v) is 9.36. The molecule has 1 aliphatic rings. The zero-order chi connectivity index (χ0) is 26.8. The Hall–Kier alpha value is -4.57. The number of amides is 1. The van der Waals surface area contributed by atoms with Crippen molar-refractivity contribution in [3.63, 3.8) is 0 Å². The lowest BCUT2D eigenvalue weighted by atomic mass is 10.00. The first kappa shape index (κ1) is 25.1. The molecule has 2 atom stereocenters. The fraction of sp³-hybridized carbons (Fsp3) is 0.179. The number of non-ortho nitro benzene ring substituents is 1. The van der Waals surface area contributed by atoms with Gasteiger partial charge in [0, 0.05) is 53.7 Å². The standard InChI is InChI=1S/C28H26N6O3S/c1-3-25(35)30-22-14-13-21(17-18(22)2)33-27(26(31-28(33)38)23-7-4-5-15-29-23)24-8-6-16-32(24)19-9-11-20(12-10-19)34(36)37/h4-17,26-27H,3H2,1-2H3,(H,30,35)(H,31,38)/t26-,27-/m1/s1. The summed E-state index contributed by atoms with van der Waals surface area (Å²) in [5, 5.41) is 18.1. The summed E-state index contributed by atoms with van der Waals surface area (Å²) in [5.74, 6) is -0.0479. The summed E-state index contributed by atoms with van der Waals surface area (Å²) >= 11 is 5.85. The first-order valence-corrected chi connectivity index (χ1v) is 12.6. The number of aromatic nitrogens is 2. The molecule has 1 saturated heterocycles. The number of hydrogen-bond donors (Lipinski definition) is 2. The van der Waals surface area contributed by atoms with Gasteiger partial charge in [-0.15, -0.1) is 0 Å². The molecule has 38 heavy (non-hydrogen) atoms. The SMILES string of the molecule is CCC(=O)Nc1ccc(N2C(=S)N[C@H](c3ccccn3)[C@H]2c2cccn2-c2ccc([N+](=O)[O-])cc2)cc1C.